The van der Waals surface area contributed by atoms with Gasteiger partial charge in [0.15, 0.2) is 0 Å². The summed E-state index contributed by atoms with van der Waals surface area (Å²) < 4.78 is 1.04. The van der Waals surface area contributed by atoms with Crippen molar-refractivity contribution in [2.45, 2.75) is 19.3 Å². The molecule has 1 fully saturated rings. The van der Waals surface area contributed by atoms with Crippen molar-refractivity contribution in [3.63, 3.8) is 0 Å². The molecule has 18 heavy (non-hydrogen) atoms. The van der Waals surface area contributed by atoms with Gasteiger partial charge in [-0.3, -0.25) is 4.79 Å². The van der Waals surface area contributed by atoms with E-state index >= 15 is 0 Å². The summed E-state index contributed by atoms with van der Waals surface area (Å²) in [4.78, 5) is 14.5. The Morgan fingerprint density at radius 2 is 2.33 bits per heavy atom. The van der Waals surface area contributed by atoms with Gasteiger partial charge in [-0.2, -0.15) is 0 Å². The lowest BCUT2D eigenvalue weighted by Gasteiger charge is -2.27. The monoisotopic (exact) mass is 308 g/mol. The van der Waals surface area contributed by atoms with Crippen LogP contribution in [0.25, 0.3) is 0 Å². The first-order chi connectivity index (χ1) is 8.75. The summed E-state index contributed by atoms with van der Waals surface area (Å²) in [7, 11) is 0. The first kappa shape index (κ1) is 12.2. The lowest BCUT2D eigenvalue weighted by molar-refractivity contribution is -0.122. The maximum atomic E-state index is 12.5. The second-order valence-corrected chi connectivity index (χ2v) is 5.97. The molecule has 1 atom stereocenters. The van der Waals surface area contributed by atoms with Gasteiger partial charge in [-0.1, -0.05) is 22.0 Å². The van der Waals surface area contributed by atoms with E-state index in [1.807, 2.05) is 4.90 Å². The predicted octanol–water partition coefficient (Wildman–Crippen LogP) is 2.34. The molecular weight excluding hydrogens is 292 g/mol. The van der Waals surface area contributed by atoms with Crippen LogP contribution < -0.4 is 10.2 Å². The second kappa shape index (κ2) is 5.02. The third-order valence-electron chi connectivity index (χ3n) is 3.86. The van der Waals surface area contributed by atoms with E-state index in [0.717, 1.165) is 49.1 Å². The Hall–Kier alpha value is -0.870. The molecular formula is C14H17BrN2O. The van der Waals surface area contributed by atoms with E-state index < -0.39 is 0 Å². The maximum Gasteiger partial charge on any atom is 0.231 e. The summed E-state index contributed by atoms with van der Waals surface area (Å²) >= 11 is 3.49. The number of halogens is 1. The Bertz CT molecular complexity index is 469. The van der Waals surface area contributed by atoms with Crippen LogP contribution >= 0.6 is 15.9 Å². The number of amides is 1. The Morgan fingerprint density at radius 3 is 3.11 bits per heavy atom. The molecule has 2 heterocycles. The molecule has 0 bridgehead atoms. The number of anilines is 1. The van der Waals surface area contributed by atoms with Crippen LogP contribution in [-0.4, -0.2) is 25.5 Å². The number of hydrogen-bond acceptors (Lipinski definition) is 2. The first-order valence-corrected chi connectivity index (χ1v) is 7.35. The molecule has 1 aromatic carbocycles. The number of carbonyl (C=O) groups is 1. The fraction of sp³-hybridized carbons (Fsp3) is 0.500. The standard InChI is InChI=1S/C14H17BrN2O/c15-12-4-3-10-5-7-17(13(10)8-12)14(18)11-2-1-6-16-9-11/h3-4,8,11,16H,1-2,5-7,9H2. The van der Waals surface area contributed by atoms with Crippen LogP contribution in [0.3, 0.4) is 0 Å². The fourth-order valence-corrected chi connectivity index (χ4v) is 3.21. The van der Waals surface area contributed by atoms with E-state index in [1.165, 1.54) is 5.56 Å². The fourth-order valence-electron chi connectivity index (χ4n) is 2.86. The van der Waals surface area contributed by atoms with Crippen LogP contribution in [0, 0.1) is 5.92 Å². The summed E-state index contributed by atoms with van der Waals surface area (Å²) in [6.07, 6.45) is 3.11. The van der Waals surface area contributed by atoms with Crippen LogP contribution in [0.5, 0.6) is 0 Å². The highest BCUT2D eigenvalue weighted by atomic mass is 79.9. The summed E-state index contributed by atoms with van der Waals surface area (Å²) in [5.74, 6) is 0.447. The van der Waals surface area contributed by atoms with E-state index in [1.54, 1.807) is 0 Å². The van der Waals surface area contributed by atoms with Crippen molar-refractivity contribution in [1.29, 1.82) is 0 Å². The molecule has 3 nitrogen and oxygen atoms in total. The molecule has 0 aromatic heterocycles. The van der Waals surface area contributed by atoms with Crippen LogP contribution in [0.1, 0.15) is 18.4 Å². The zero-order chi connectivity index (χ0) is 12.5. The van der Waals surface area contributed by atoms with Gasteiger partial charge >= 0.3 is 0 Å². The van der Waals surface area contributed by atoms with E-state index in [9.17, 15) is 4.79 Å². The maximum absolute atomic E-state index is 12.5. The Labute approximate surface area is 116 Å². The summed E-state index contributed by atoms with van der Waals surface area (Å²) in [6, 6.07) is 6.23. The van der Waals surface area contributed by atoms with E-state index in [0.29, 0.717) is 5.91 Å². The van der Waals surface area contributed by atoms with Gasteiger partial charge in [0.1, 0.15) is 0 Å². The minimum Gasteiger partial charge on any atom is -0.316 e. The van der Waals surface area contributed by atoms with Crippen molar-refractivity contribution in [1.82, 2.24) is 5.32 Å². The van der Waals surface area contributed by atoms with Crippen molar-refractivity contribution >= 4 is 27.5 Å². The number of hydrogen-bond donors (Lipinski definition) is 1. The minimum atomic E-state index is 0.156. The van der Waals surface area contributed by atoms with Crippen molar-refractivity contribution in [2.75, 3.05) is 24.5 Å². The molecule has 0 aliphatic carbocycles. The van der Waals surface area contributed by atoms with Crippen LogP contribution in [-0.2, 0) is 11.2 Å². The van der Waals surface area contributed by atoms with Crippen molar-refractivity contribution in [2.24, 2.45) is 5.92 Å². The minimum absolute atomic E-state index is 0.156. The molecule has 2 aliphatic rings. The van der Waals surface area contributed by atoms with Crippen LogP contribution in [0.2, 0.25) is 0 Å². The smallest absolute Gasteiger partial charge is 0.231 e. The van der Waals surface area contributed by atoms with Gasteiger partial charge in [0.05, 0.1) is 5.92 Å². The Kier molecular flexibility index (Phi) is 3.39. The van der Waals surface area contributed by atoms with E-state index in [-0.39, 0.29) is 5.92 Å². The topological polar surface area (TPSA) is 32.3 Å². The molecule has 0 radical (unpaired) electrons. The average molecular weight is 309 g/mol. The summed E-state index contributed by atoms with van der Waals surface area (Å²) in [5.41, 5.74) is 2.38. The second-order valence-electron chi connectivity index (χ2n) is 5.06. The molecule has 0 saturated carbocycles. The SMILES string of the molecule is O=C(C1CCCNC1)N1CCc2ccc(Br)cc21. The highest BCUT2D eigenvalue weighted by Gasteiger charge is 2.30. The van der Waals surface area contributed by atoms with Gasteiger partial charge in [0, 0.05) is 23.2 Å². The molecule has 1 aromatic rings. The van der Waals surface area contributed by atoms with Crippen molar-refractivity contribution in [3.05, 3.63) is 28.2 Å². The highest BCUT2D eigenvalue weighted by Crippen LogP contribution is 2.32. The van der Waals surface area contributed by atoms with Crippen molar-refractivity contribution < 1.29 is 4.79 Å². The predicted molar refractivity (Wildman–Crippen MR) is 75.8 cm³/mol. The zero-order valence-corrected chi connectivity index (χ0v) is 11.9. The summed E-state index contributed by atoms with van der Waals surface area (Å²) in [6.45, 7) is 2.71. The molecule has 96 valence electrons. The van der Waals surface area contributed by atoms with Gasteiger partial charge in [-0.05, 0) is 43.5 Å². The number of piperidine rings is 1. The summed E-state index contributed by atoms with van der Waals surface area (Å²) in [5, 5.41) is 3.32. The average Bonchev–Trinajstić information content (AvgIpc) is 2.82. The van der Waals surface area contributed by atoms with Crippen LogP contribution in [0.4, 0.5) is 5.69 Å². The lowest BCUT2D eigenvalue weighted by Crippen LogP contribution is -2.42. The molecule has 1 amide bonds. The lowest BCUT2D eigenvalue weighted by atomic mass is 9.98. The normalized spacial score (nSPS) is 22.9. The number of rotatable bonds is 1. The molecule has 3 rings (SSSR count). The highest BCUT2D eigenvalue weighted by molar-refractivity contribution is 9.10. The number of carbonyl (C=O) groups excluding carboxylic acids is 1. The van der Waals surface area contributed by atoms with Gasteiger partial charge in [0.2, 0.25) is 5.91 Å². The Morgan fingerprint density at radius 1 is 1.44 bits per heavy atom. The van der Waals surface area contributed by atoms with E-state index in [2.05, 4.69) is 39.4 Å². The number of fused-ring (bicyclic) bond motifs is 1. The quantitative estimate of drug-likeness (QED) is 0.863. The van der Waals surface area contributed by atoms with Gasteiger partial charge in [-0.15, -0.1) is 0 Å². The number of benzene rings is 1. The number of nitrogens with one attached hydrogen (secondary N) is 1. The third kappa shape index (κ3) is 2.19. The van der Waals surface area contributed by atoms with E-state index in [4.69, 9.17) is 0 Å². The molecule has 1 unspecified atom stereocenters. The third-order valence-corrected chi connectivity index (χ3v) is 4.35. The molecule has 1 N–H and O–H groups in total. The first-order valence-electron chi connectivity index (χ1n) is 6.56. The number of nitrogens with zero attached hydrogens (tertiary/aromatic N) is 1. The molecule has 1 saturated heterocycles. The van der Waals surface area contributed by atoms with Gasteiger partial charge < -0.3 is 10.2 Å². The van der Waals surface area contributed by atoms with Crippen molar-refractivity contribution in [3.8, 4) is 0 Å². The van der Waals surface area contributed by atoms with Crippen LogP contribution in [0.15, 0.2) is 22.7 Å². The molecule has 0 spiro atoms. The molecule has 2 aliphatic heterocycles. The zero-order valence-electron chi connectivity index (χ0n) is 10.3. The van der Waals surface area contributed by atoms with Gasteiger partial charge in [-0.25, -0.2) is 0 Å². The Balaban J connectivity index is 1.82. The molecule has 4 heteroatoms. The van der Waals surface area contributed by atoms with Gasteiger partial charge in [0.25, 0.3) is 0 Å². The largest absolute Gasteiger partial charge is 0.316 e.